The van der Waals surface area contributed by atoms with Gasteiger partial charge in [0.25, 0.3) is 0 Å². The largest absolute Gasteiger partial charge is 0.365 e. The molecule has 1 aliphatic heterocycles. The minimum absolute atomic E-state index is 0. The second kappa shape index (κ2) is 6.80. The summed E-state index contributed by atoms with van der Waals surface area (Å²) in [6.07, 6.45) is 1.02. The van der Waals surface area contributed by atoms with Gasteiger partial charge in [0.1, 0.15) is 11.5 Å². The van der Waals surface area contributed by atoms with Crippen LogP contribution in [0.4, 0.5) is 5.82 Å². The average Bonchev–Trinajstić information content (AvgIpc) is 3.19. The van der Waals surface area contributed by atoms with Gasteiger partial charge in [0.05, 0.1) is 5.02 Å². The number of rotatable bonds is 3. The number of halogens is 2. The molecule has 1 atom stereocenters. The molecule has 1 fully saturated rings. The number of fused-ring (bicyclic) bond motifs is 1. The van der Waals surface area contributed by atoms with Crippen molar-refractivity contribution in [3.63, 3.8) is 0 Å². The molecular weight excluding hydrogens is 351 g/mol. The maximum absolute atomic E-state index is 11.3. The lowest BCUT2D eigenvalue weighted by Crippen LogP contribution is -2.23. The molecule has 0 amide bonds. The van der Waals surface area contributed by atoms with E-state index in [1.54, 1.807) is 0 Å². The molecule has 0 radical (unpaired) electrons. The summed E-state index contributed by atoms with van der Waals surface area (Å²) in [7, 11) is 0. The fraction of sp³-hybridized carbons (Fsp3) is 0.267. The first-order chi connectivity index (χ1) is 11.2. The monoisotopic (exact) mass is 366 g/mol. The highest BCUT2D eigenvalue weighted by Crippen LogP contribution is 2.32. The van der Waals surface area contributed by atoms with E-state index in [2.05, 4.69) is 30.8 Å². The van der Waals surface area contributed by atoms with Gasteiger partial charge >= 0.3 is 5.69 Å². The molecule has 7 nitrogen and oxygen atoms in total. The predicted octanol–water partition coefficient (Wildman–Crippen LogP) is 2.16. The Morgan fingerprint density at radius 2 is 2.21 bits per heavy atom. The van der Waals surface area contributed by atoms with Crippen LogP contribution >= 0.6 is 24.0 Å². The predicted molar refractivity (Wildman–Crippen MR) is 97.1 cm³/mol. The van der Waals surface area contributed by atoms with Crippen LogP contribution < -0.4 is 16.3 Å². The molecule has 1 saturated heterocycles. The number of H-pyrrole nitrogens is 2. The van der Waals surface area contributed by atoms with Gasteiger partial charge in [-0.3, -0.25) is 4.98 Å². The van der Waals surface area contributed by atoms with E-state index in [0.717, 1.165) is 30.3 Å². The molecule has 0 bridgehead atoms. The van der Waals surface area contributed by atoms with Crippen molar-refractivity contribution in [2.24, 2.45) is 0 Å². The summed E-state index contributed by atoms with van der Waals surface area (Å²) in [5.41, 5.74) is 0.231. The summed E-state index contributed by atoms with van der Waals surface area (Å²) < 4.78 is 0. The number of anilines is 1. The highest BCUT2D eigenvalue weighted by atomic mass is 35.5. The zero-order valence-corrected chi connectivity index (χ0v) is 14.2. The molecule has 3 aromatic rings. The summed E-state index contributed by atoms with van der Waals surface area (Å²) in [6.45, 7) is 1.87. The summed E-state index contributed by atoms with van der Waals surface area (Å²) in [6, 6.07) is 7.87. The molecule has 3 heterocycles. The standard InChI is InChI=1S/C15H15ClN6O.ClH/c16-10-3-1-2-8-6-11(13-20-15(23)22-21-13)19-14(12(8)10)18-9-4-5-17-7-9;/h1-3,6,9,17H,4-5,7H2,(H,18,19)(H2,20,21,22,23);1H/t9-;/m0./s1. The van der Waals surface area contributed by atoms with E-state index in [-0.39, 0.29) is 18.1 Å². The lowest BCUT2D eigenvalue weighted by atomic mass is 10.1. The Hall–Kier alpha value is -2.09. The first-order valence-corrected chi connectivity index (χ1v) is 7.80. The first-order valence-electron chi connectivity index (χ1n) is 7.42. The molecule has 1 aliphatic rings. The summed E-state index contributed by atoms with van der Waals surface area (Å²) in [5.74, 6) is 1.12. The van der Waals surface area contributed by atoms with Gasteiger partial charge in [0.15, 0.2) is 5.82 Å². The topological polar surface area (TPSA) is 98.5 Å². The molecule has 9 heteroatoms. The fourth-order valence-electron chi connectivity index (χ4n) is 2.86. The fourth-order valence-corrected chi connectivity index (χ4v) is 3.13. The minimum atomic E-state index is -0.359. The number of aromatic nitrogens is 4. The van der Waals surface area contributed by atoms with Crippen LogP contribution in [0.2, 0.25) is 5.02 Å². The van der Waals surface area contributed by atoms with Gasteiger partial charge in [0, 0.05) is 18.0 Å². The Morgan fingerprint density at radius 3 is 2.92 bits per heavy atom. The minimum Gasteiger partial charge on any atom is -0.365 e. The molecule has 0 saturated carbocycles. The Kier molecular flexibility index (Phi) is 4.75. The second-order valence-electron chi connectivity index (χ2n) is 5.55. The molecule has 1 aromatic carbocycles. The number of aromatic amines is 2. The van der Waals surface area contributed by atoms with Crippen LogP contribution in [0.25, 0.3) is 22.3 Å². The molecule has 126 valence electrons. The van der Waals surface area contributed by atoms with Crippen molar-refractivity contribution in [1.29, 1.82) is 0 Å². The average molecular weight is 367 g/mol. The molecule has 0 unspecified atom stereocenters. The van der Waals surface area contributed by atoms with Crippen molar-refractivity contribution < 1.29 is 0 Å². The van der Waals surface area contributed by atoms with E-state index < -0.39 is 0 Å². The SMILES string of the molecule is Cl.O=c1[nH]nc(-c2cc3cccc(Cl)c3c(N[C@H]3CCNC3)n2)[nH]1. The smallest absolute Gasteiger partial charge is 0.340 e. The Morgan fingerprint density at radius 1 is 1.33 bits per heavy atom. The van der Waals surface area contributed by atoms with Crippen LogP contribution in [-0.4, -0.2) is 39.3 Å². The van der Waals surface area contributed by atoms with Crippen LogP contribution in [0.3, 0.4) is 0 Å². The van der Waals surface area contributed by atoms with Crippen LogP contribution in [0, 0.1) is 0 Å². The molecule has 0 spiro atoms. The number of nitrogens with one attached hydrogen (secondary N) is 4. The maximum Gasteiger partial charge on any atom is 0.340 e. The Balaban J connectivity index is 0.00000169. The van der Waals surface area contributed by atoms with Gasteiger partial charge in [0.2, 0.25) is 0 Å². The molecule has 4 N–H and O–H groups in total. The van der Waals surface area contributed by atoms with E-state index in [9.17, 15) is 4.79 Å². The van der Waals surface area contributed by atoms with Crippen LogP contribution in [-0.2, 0) is 0 Å². The van der Waals surface area contributed by atoms with Crippen LogP contribution in [0.15, 0.2) is 29.1 Å². The van der Waals surface area contributed by atoms with Gasteiger partial charge in [-0.1, -0.05) is 23.7 Å². The second-order valence-corrected chi connectivity index (χ2v) is 5.96. The molecular formula is C15H16Cl2N6O. The zero-order valence-electron chi connectivity index (χ0n) is 12.6. The van der Waals surface area contributed by atoms with Crippen molar-refractivity contribution in [3.05, 3.63) is 39.8 Å². The highest BCUT2D eigenvalue weighted by molar-refractivity contribution is 6.36. The number of hydrogen-bond acceptors (Lipinski definition) is 5. The maximum atomic E-state index is 11.3. The van der Waals surface area contributed by atoms with Crippen molar-refractivity contribution in [2.75, 3.05) is 18.4 Å². The van der Waals surface area contributed by atoms with Crippen molar-refractivity contribution in [1.82, 2.24) is 25.5 Å². The van der Waals surface area contributed by atoms with Gasteiger partial charge in [-0.2, -0.15) is 5.10 Å². The summed E-state index contributed by atoms with van der Waals surface area (Å²) >= 11 is 6.37. The van der Waals surface area contributed by atoms with Crippen molar-refractivity contribution in [3.8, 4) is 11.5 Å². The van der Waals surface area contributed by atoms with Gasteiger partial charge in [-0.25, -0.2) is 14.9 Å². The first kappa shape index (κ1) is 16.8. The van der Waals surface area contributed by atoms with E-state index in [4.69, 9.17) is 11.6 Å². The Labute approximate surface area is 148 Å². The highest BCUT2D eigenvalue weighted by Gasteiger charge is 2.18. The zero-order chi connectivity index (χ0) is 15.8. The van der Waals surface area contributed by atoms with Gasteiger partial charge < -0.3 is 10.6 Å². The lowest BCUT2D eigenvalue weighted by Gasteiger charge is -2.16. The Bertz CT molecular complexity index is 916. The van der Waals surface area contributed by atoms with E-state index >= 15 is 0 Å². The number of nitrogens with zero attached hydrogens (tertiary/aromatic N) is 2. The normalized spacial score (nSPS) is 17.0. The number of hydrogen-bond donors (Lipinski definition) is 4. The van der Waals surface area contributed by atoms with Gasteiger partial charge in [-0.15, -0.1) is 12.4 Å². The third kappa shape index (κ3) is 3.10. The van der Waals surface area contributed by atoms with Crippen LogP contribution in [0.1, 0.15) is 6.42 Å². The quantitative estimate of drug-likeness (QED) is 0.569. The van der Waals surface area contributed by atoms with E-state index in [0.29, 0.717) is 28.4 Å². The van der Waals surface area contributed by atoms with Crippen LogP contribution in [0.5, 0.6) is 0 Å². The number of benzene rings is 1. The lowest BCUT2D eigenvalue weighted by molar-refractivity contribution is 0.789. The third-order valence-corrected chi connectivity index (χ3v) is 4.27. The summed E-state index contributed by atoms with van der Waals surface area (Å²) in [5, 5.41) is 15.6. The van der Waals surface area contributed by atoms with E-state index in [1.165, 1.54) is 0 Å². The van der Waals surface area contributed by atoms with E-state index in [1.807, 2.05) is 24.3 Å². The molecule has 0 aliphatic carbocycles. The van der Waals surface area contributed by atoms with Crippen molar-refractivity contribution >= 4 is 40.6 Å². The van der Waals surface area contributed by atoms with Gasteiger partial charge in [-0.05, 0) is 30.5 Å². The molecule has 2 aromatic heterocycles. The third-order valence-electron chi connectivity index (χ3n) is 3.95. The molecule has 4 rings (SSSR count). The van der Waals surface area contributed by atoms with Crippen molar-refractivity contribution in [2.45, 2.75) is 12.5 Å². The molecule has 24 heavy (non-hydrogen) atoms. The summed E-state index contributed by atoms with van der Waals surface area (Å²) in [4.78, 5) is 18.6. The number of pyridine rings is 1.